The molecule has 1 aliphatic heterocycles. The summed E-state index contributed by atoms with van der Waals surface area (Å²) in [6, 6.07) is 16.4. The van der Waals surface area contributed by atoms with Gasteiger partial charge in [0.25, 0.3) is 15.9 Å². The molecule has 4 rings (SSSR count). The zero-order valence-corrected chi connectivity index (χ0v) is 22.2. The van der Waals surface area contributed by atoms with E-state index in [4.69, 9.17) is 4.74 Å². The molecule has 1 amide bonds. The molecule has 3 N–H and O–H groups in total. The number of ether oxygens (including phenoxy) is 1. The third-order valence-electron chi connectivity index (χ3n) is 6.26. The van der Waals surface area contributed by atoms with E-state index in [-0.39, 0.29) is 23.8 Å². The Labute approximate surface area is 226 Å². The fourth-order valence-electron chi connectivity index (χ4n) is 4.29. The highest BCUT2D eigenvalue weighted by atomic mass is 32.2. The molecule has 1 atom stereocenters. The van der Waals surface area contributed by atoms with Crippen molar-refractivity contribution in [1.29, 1.82) is 0 Å². The molecular weight excluding hydrogens is 524 g/mol. The van der Waals surface area contributed by atoms with Crippen LogP contribution in [0.2, 0.25) is 0 Å². The number of sulfonamides is 1. The second-order valence-electron chi connectivity index (χ2n) is 8.76. The van der Waals surface area contributed by atoms with Crippen LogP contribution in [0.15, 0.2) is 78.0 Å². The Hall–Kier alpha value is -4.07. The fraction of sp³-hybridized carbons (Fsp3) is 0.308. The van der Waals surface area contributed by atoms with Gasteiger partial charge in [0.05, 0.1) is 17.9 Å². The molecule has 3 aromatic rings. The first-order valence-corrected chi connectivity index (χ1v) is 13.8. The Morgan fingerprint density at radius 2 is 1.82 bits per heavy atom. The summed E-state index contributed by atoms with van der Waals surface area (Å²) in [6.45, 7) is 1.14. The number of amides is 1. The number of hydrogen-bond acceptors (Lipinski definition) is 10. The zero-order valence-electron chi connectivity index (χ0n) is 21.4. The monoisotopic (exact) mass is 554 g/mol. The lowest BCUT2D eigenvalue weighted by atomic mass is 10.1. The van der Waals surface area contributed by atoms with Gasteiger partial charge in [-0.25, -0.2) is 18.4 Å². The van der Waals surface area contributed by atoms with Crippen molar-refractivity contribution >= 4 is 33.5 Å². The SMILES string of the molecule is COC1(CNc2ncccn2)CCCN1c1cccc(C(=O)NCCC(=O)ONS(=O)(=O)c2ccccc2)c1. The molecule has 0 radical (unpaired) electrons. The summed E-state index contributed by atoms with van der Waals surface area (Å²) in [5.41, 5.74) is 0.569. The van der Waals surface area contributed by atoms with E-state index in [1.165, 1.54) is 12.1 Å². The lowest BCUT2D eigenvalue weighted by Crippen LogP contribution is -2.51. The summed E-state index contributed by atoms with van der Waals surface area (Å²) in [7, 11) is -2.34. The van der Waals surface area contributed by atoms with Gasteiger partial charge in [0, 0.05) is 43.8 Å². The molecule has 0 saturated carbocycles. The quantitative estimate of drug-likeness (QED) is 0.284. The van der Waals surface area contributed by atoms with Gasteiger partial charge in [-0.3, -0.25) is 9.59 Å². The van der Waals surface area contributed by atoms with Crippen molar-refractivity contribution in [3.05, 3.63) is 78.6 Å². The van der Waals surface area contributed by atoms with Crippen molar-refractivity contribution in [1.82, 2.24) is 20.2 Å². The van der Waals surface area contributed by atoms with Gasteiger partial charge < -0.3 is 25.1 Å². The molecule has 2 aromatic carbocycles. The smallest absolute Gasteiger partial charge is 0.327 e. The zero-order chi connectivity index (χ0) is 27.7. The Balaban J connectivity index is 1.31. The van der Waals surface area contributed by atoms with Crippen LogP contribution in [0, 0.1) is 0 Å². The number of methoxy groups -OCH3 is 1. The Kier molecular flexibility index (Phi) is 9.07. The van der Waals surface area contributed by atoms with E-state index in [9.17, 15) is 18.0 Å². The van der Waals surface area contributed by atoms with Crippen LogP contribution in [-0.4, -0.2) is 62.7 Å². The molecule has 0 bridgehead atoms. The van der Waals surface area contributed by atoms with Crippen LogP contribution in [0.3, 0.4) is 0 Å². The van der Waals surface area contributed by atoms with E-state index in [0.717, 1.165) is 25.1 Å². The number of aromatic nitrogens is 2. The molecular formula is C26H30N6O6S. The Bertz CT molecular complexity index is 1380. The van der Waals surface area contributed by atoms with Crippen molar-refractivity contribution < 1.29 is 27.6 Å². The summed E-state index contributed by atoms with van der Waals surface area (Å²) >= 11 is 0. The van der Waals surface area contributed by atoms with Crippen molar-refractivity contribution in [3.8, 4) is 0 Å². The van der Waals surface area contributed by atoms with Gasteiger partial charge in [-0.1, -0.05) is 24.3 Å². The molecule has 1 aliphatic rings. The fourth-order valence-corrected chi connectivity index (χ4v) is 5.10. The normalized spacial score (nSPS) is 17.0. The molecule has 39 heavy (non-hydrogen) atoms. The molecule has 12 nitrogen and oxygen atoms in total. The number of nitrogens with zero attached hydrogens (tertiary/aromatic N) is 3. The van der Waals surface area contributed by atoms with E-state index in [2.05, 4.69) is 30.3 Å². The van der Waals surface area contributed by atoms with Crippen molar-refractivity contribution in [2.75, 3.05) is 37.0 Å². The van der Waals surface area contributed by atoms with Gasteiger partial charge in [-0.05, 0) is 54.1 Å². The van der Waals surface area contributed by atoms with E-state index >= 15 is 0 Å². The maximum atomic E-state index is 12.8. The van der Waals surface area contributed by atoms with E-state index in [1.807, 2.05) is 6.07 Å². The third kappa shape index (κ3) is 7.07. The molecule has 1 saturated heterocycles. The average molecular weight is 555 g/mol. The molecule has 0 aliphatic carbocycles. The van der Waals surface area contributed by atoms with Crippen LogP contribution in [-0.2, 0) is 24.4 Å². The van der Waals surface area contributed by atoms with Gasteiger partial charge in [0.2, 0.25) is 5.95 Å². The highest BCUT2D eigenvalue weighted by molar-refractivity contribution is 7.89. The van der Waals surface area contributed by atoms with Crippen LogP contribution >= 0.6 is 0 Å². The van der Waals surface area contributed by atoms with Crippen molar-refractivity contribution in [3.63, 3.8) is 0 Å². The second-order valence-corrected chi connectivity index (χ2v) is 10.4. The van der Waals surface area contributed by atoms with Gasteiger partial charge >= 0.3 is 5.97 Å². The highest BCUT2D eigenvalue weighted by Gasteiger charge is 2.41. The van der Waals surface area contributed by atoms with Gasteiger partial charge in [-0.15, -0.1) is 0 Å². The van der Waals surface area contributed by atoms with Crippen molar-refractivity contribution in [2.45, 2.75) is 29.9 Å². The Morgan fingerprint density at radius 1 is 1.05 bits per heavy atom. The van der Waals surface area contributed by atoms with Gasteiger partial charge in [0.15, 0.2) is 5.72 Å². The number of carbonyl (C=O) groups excluding carboxylic acids is 2. The number of rotatable bonds is 12. The van der Waals surface area contributed by atoms with Crippen molar-refractivity contribution in [2.24, 2.45) is 0 Å². The Morgan fingerprint density at radius 3 is 2.56 bits per heavy atom. The summed E-state index contributed by atoms with van der Waals surface area (Å²) in [5.74, 6) is -0.715. The van der Waals surface area contributed by atoms with Gasteiger partial charge in [-0.2, -0.15) is 0 Å². The maximum Gasteiger partial charge on any atom is 0.327 e. The predicted octanol–water partition coefficient (Wildman–Crippen LogP) is 2.09. The molecule has 2 heterocycles. The summed E-state index contributed by atoms with van der Waals surface area (Å²) in [6.07, 6.45) is 4.76. The minimum atomic E-state index is -3.99. The molecule has 1 aromatic heterocycles. The van der Waals surface area contributed by atoms with Crippen LogP contribution in [0.4, 0.5) is 11.6 Å². The molecule has 13 heteroatoms. The topological polar surface area (TPSA) is 152 Å². The minimum Gasteiger partial charge on any atom is -0.357 e. The first kappa shape index (κ1) is 28.0. The van der Waals surface area contributed by atoms with E-state index in [1.54, 1.807) is 66.9 Å². The van der Waals surface area contributed by atoms with Crippen LogP contribution in [0.25, 0.3) is 0 Å². The standard InChI is InChI=1S/C26H30N6O6S/c1-37-26(19-30-25-28-14-7-15-29-25)13-6-17-32(26)21-9-5-8-20(18-21)24(34)27-16-12-23(33)38-31-39(35,36)22-10-3-2-4-11-22/h2-5,7-11,14-15,18,31H,6,12-13,16-17,19H2,1H3,(H,27,34)(H,28,29,30). The number of hydrogen-bond donors (Lipinski definition) is 3. The number of anilines is 2. The number of carbonyl (C=O) groups is 2. The molecule has 206 valence electrons. The lowest BCUT2D eigenvalue weighted by molar-refractivity contribution is -0.146. The van der Waals surface area contributed by atoms with Crippen LogP contribution in [0.5, 0.6) is 0 Å². The number of benzene rings is 2. The summed E-state index contributed by atoms with van der Waals surface area (Å²) in [5, 5.41) is 5.89. The largest absolute Gasteiger partial charge is 0.357 e. The summed E-state index contributed by atoms with van der Waals surface area (Å²) < 4.78 is 30.2. The van der Waals surface area contributed by atoms with E-state index < -0.39 is 21.7 Å². The minimum absolute atomic E-state index is 0.0364. The first-order valence-electron chi connectivity index (χ1n) is 12.3. The molecule has 1 unspecified atom stereocenters. The summed E-state index contributed by atoms with van der Waals surface area (Å²) in [4.78, 5) is 41.7. The lowest BCUT2D eigenvalue weighted by Gasteiger charge is -2.39. The average Bonchev–Trinajstić information content (AvgIpc) is 3.40. The van der Waals surface area contributed by atoms with Gasteiger partial charge in [0.1, 0.15) is 0 Å². The second kappa shape index (κ2) is 12.7. The van der Waals surface area contributed by atoms with Crippen LogP contribution < -0.4 is 20.4 Å². The molecule has 1 fully saturated rings. The predicted molar refractivity (Wildman–Crippen MR) is 143 cm³/mol. The molecule has 0 spiro atoms. The van der Waals surface area contributed by atoms with Crippen LogP contribution in [0.1, 0.15) is 29.6 Å². The van der Waals surface area contributed by atoms with E-state index in [0.29, 0.717) is 18.1 Å². The first-order chi connectivity index (χ1) is 18.8. The third-order valence-corrected chi connectivity index (χ3v) is 7.46. The number of nitrogens with one attached hydrogen (secondary N) is 3. The highest BCUT2D eigenvalue weighted by Crippen LogP contribution is 2.35. The maximum absolute atomic E-state index is 12.8.